The summed E-state index contributed by atoms with van der Waals surface area (Å²) < 4.78 is 26.2. The molecule has 3 aromatic rings. The Bertz CT molecular complexity index is 1160. The van der Waals surface area contributed by atoms with E-state index in [1.807, 2.05) is 41.3 Å². The molecule has 1 amide bonds. The van der Waals surface area contributed by atoms with Crippen molar-refractivity contribution in [2.24, 2.45) is 0 Å². The van der Waals surface area contributed by atoms with Gasteiger partial charge in [-0.05, 0) is 49.9 Å². The fourth-order valence-corrected chi connectivity index (χ4v) is 6.70. The molecule has 0 spiro atoms. The minimum absolute atomic E-state index is 0.0435. The van der Waals surface area contributed by atoms with Crippen LogP contribution in [0.2, 0.25) is 0 Å². The third kappa shape index (κ3) is 3.12. The van der Waals surface area contributed by atoms with Gasteiger partial charge in [0.1, 0.15) is 5.69 Å². The molecule has 2 aliphatic rings. The Morgan fingerprint density at radius 2 is 1.52 bits per heavy atom. The normalized spacial score (nSPS) is 24.0. The van der Waals surface area contributed by atoms with E-state index in [0.717, 1.165) is 23.7 Å². The summed E-state index contributed by atoms with van der Waals surface area (Å²) in [4.78, 5) is 20.1. The fourth-order valence-electron chi connectivity index (χ4n) is 4.83. The fraction of sp³-hybridized carbons (Fsp3) is 0.304. The Kier molecular flexibility index (Phi) is 4.39. The minimum Gasteiger partial charge on any atom is -0.331 e. The van der Waals surface area contributed by atoms with Gasteiger partial charge in [0.15, 0.2) is 9.84 Å². The highest BCUT2D eigenvalue weighted by Crippen LogP contribution is 2.40. The van der Waals surface area contributed by atoms with Gasteiger partial charge < -0.3 is 4.90 Å². The molecular formula is C23H22N2O3S. The zero-order chi connectivity index (χ0) is 20.0. The SMILES string of the molecule is O=C(c1ccc2ccccc2n1)N1C2CCC1CC(S(=O)(=O)c1ccccc1)C2. The van der Waals surface area contributed by atoms with E-state index in [1.54, 1.807) is 30.3 Å². The van der Waals surface area contributed by atoms with Gasteiger partial charge in [0.2, 0.25) is 0 Å². The van der Waals surface area contributed by atoms with E-state index in [1.165, 1.54) is 0 Å². The number of piperidine rings is 1. The first-order valence-electron chi connectivity index (χ1n) is 10.0. The molecule has 148 valence electrons. The molecule has 2 fully saturated rings. The number of hydrogen-bond donors (Lipinski definition) is 0. The van der Waals surface area contributed by atoms with Crippen LogP contribution in [0.3, 0.4) is 0 Å². The number of hydrogen-bond acceptors (Lipinski definition) is 4. The molecular weight excluding hydrogens is 384 g/mol. The highest BCUT2D eigenvalue weighted by Gasteiger charge is 2.47. The predicted octanol–water partition coefficient (Wildman–Crippen LogP) is 3.84. The summed E-state index contributed by atoms with van der Waals surface area (Å²) in [5.74, 6) is -0.0844. The molecule has 2 aromatic carbocycles. The van der Waals surface area contributed by atoms with E-state index < -0.39 is 15.1 Å². The maximum Gasteiger partial charge on any atom is 0.272 e. The average Bonchev–Trinajstić information content (AvgIpc) is 3.02. The van der Waals surface area contributed by atoms with Crippen LogP contribution >= 0.6 is 0 Å². The van der Waals surface area contributed by atoms with Crippen LogP contribution in [-0.2, 0) is 9.84 Å². The molecule has 2 bridgehead atoms. The minimum atomic E-state index is -3.38. The van der Waals surface area contributed by atoms with Crippen LogP contribution in [0.25, 0.3) is 10.9 Å². The molecule has 2 atom stereocenters. The number of amides is 1. The quantitative estimate of drug-likeness (QED) is 0.663. The summed E-state index contributed by atoms with van der Waals surface area (Å²) in [5, 5.41) is 0.565. The van der Waals surface area contributed by atoms with E-state index in [2.05, 4.69) is 4.98 Å². The summed E-state index contributed by atoms with van der Waals surface area (Å²) in [5.41, 5.74) is 1.23. The lowest BCUT2D eigenvalue weighted by molar-refractivity contribution is 0.0592. The first kappa shape index (κ1) is 18.3. The second-order valence-corrected chi connectivity index (χ2v) is 10.2. The van der Waals surface area contributed by atoms with Crippen LogP contribution in [0.5, 0.6) is 0 Å². The number of para-hydroxylation sites is 1. The summed E-state index contributed by atoms with van der Waals surface area (Å²) in [6, 6.07) is 20.0. The van der Waals surface area contributed by atoms with Crippen molar-refractivity contribution in [2.75, 3.05) is 0 Å². The number of benzene rings is 2. The summed E-state index contributed by atoms with van der Waals surface area (Å²) in [6.45, 7) is 0. The molecule has 1 aromatic heterocycles. The average molecular weight is 407 g/mol. The van der Waals surface area contributed by atoms with Crippen molar-refractivity contribution in [1.82, 2.24) is 9.88 Å². The van der Waals surface area contributed by atoms with Gasteiger partial charge in [-0.3, -0.25) is 4.79 Å². The van der Waals surface area contributed by atoms with Gasteiger partial charge in [0.25, 0.3) is 5.91 Å². The number of carbonyl (C=O) groups is 1. The number of fused-ring (bicyclic) bond motifs is 3. The van der Waals surface area contributed by atoms with Gasteiger partial charge in [-0.1, -0.05) is 42.5 Å². The molecule has 5 nitrogen and oxygen atoms in total. The van der Waals surface area contributed by atoms with E-state index in [4.69, 9.17) is 0 Å². The van der Waals surface area contributed by atoms with Gasteiger partial charge in [0, 0.05) is 17.5 Å². The third-order valence-electron chi connectivity index (χ3n) is 6.25. The van der Waals surface area contributed by atoms with Crippen molar-refractivity contribution in [2.45, 2.75) is 47.9 Å². The standard InChI is InChI=1S/C23H22N2O3S/c26-23(22-13-10-16-6-4-5-9-21(16)24-22)25-17-11-12-18(25)15-20(14-17)29(27,28)19-7-2-1-3-8-19/h1-10,13,17-18,20H,11-12,14-15H2. The predicted molar refractivity (Wildman–Crippen MR) is 111 cm³/mol. The Balaban J connectivity index is 1.41. The monoisotopic (exact) mass is 406 g/mol. The van der Waals surface area contributed by atoms with Crippen molar-refractivity contribution in [3.63, 3.8) is 0 Å². The second kappa shape index (κ2) is 6.95. The van der Waals surface area contributed by atoms with Crippen molar-refractivity contribution in [3.8, 4) is 0 Å². The molecule has 2 unspecified atom stereocenters. The number of rotatable bonds is 3. The Morgan fingerprint density at radius 3 is 2.24 bits per heavy atom. The second-order valence-electron chi connectivity index (χ2n) is 7.94. The molecule has 29 heavy (non-hydrogen) atoms. The molecule has 0 radical (unpaired) electrons. The van der Waals surface area contributed by atoms with Crippen molar-refractivity contribution < 1.29 is 13.2 Å². The highest BCUT2D eigenvalue weighted by molar-refractivity contribution is 7.92. The number of pyridine rings is 1. The molecule has 2 saturated heterocycles. The van der Waals surface area contributed by atoms with Crippen LogP contribution in [0.4, 0.5) is 0 Å². The number of carbonyl (C=O) groups excluding carboxylic acids is 1. The first-order valence-corrected chi connectivity index (χ1v) is 11.6. The van der Waals surface area contributed by atoms with E-state index in [0.29, 0.717) is 23.4 Å². The van der Waals surface area contributed by atoms with E-state index in [9.17, 15) is 13.2 Å². The van der Waals surface area contributed by atoms with Gasteiger partial charge in [-0.15, -0.1) is 0 Å². The van der Waals surface area contributed by atoms with Crippen molar-refractivity contribution in [1.29, 1.82) is 0 Å². The zero-order valence-electron chi connectivity index (χ0n) is 15.9. The van der Waals surface area contributed by atoms with Crippen molar-refractivity contribution in [3.05, 3.63) is 72.4 Å². The highest BCUT2D eigenvalue weighted by atomic mass is 32.2. The summed E-state index contributed by atoms with van der Waals surface area (Å²) in [6.07, 6.45) is 2.69. The van der Waals surface area contributed by atoms with E-state index >= 15 is 0 Å². The maximum atomic E-state index is 13.2. The smallest absolute Gasteiger partial charge is 0.272 e. The lowest BCUT2D eigenvalue weighted by atomic mass is 10.0. The third-order valence-corrected chi connectivity index (χ3v) is 8.44. The van der Waals surface area contributed by atoms with Gasteiger partial charge >= 0.3 is 0 Å². The molecule has 3 heterocycles. The van der Waals surface area contributed by atoms with Crippen molar-refractivity contribution >= 4 is 26.6 Å². The number of aromatic nitrogens is 1. The van der Waals surface area contributed by atoms with Gasteiger partial charge in [-0.25, -0.2) is 13.4 Å². The topological polar surface area (TPSA) is 67.3 Å². The summed E-state index contributed by atoms with van der Waals surface area (Å²) in [7, 11) is -3.38. The lowest BCUT2D eigenvalue weighted by Crippen LogP contribution is -2.49. The molecule has 0 N–H and O–H groups in total. The molecule has 6 heteroatoms. The largest absolute Gasteiger partial charge is 0.331 e. The molecule has 0 aliphatic carbocycles. The number of nitrogens with zero attached hydrogens (tertiary/aromatic N) is 2. The Labute approximate surface area is 170 Å². The Hall–Kier alpha value is -2.73. The van der Waals surface area contributed by atoms with Crippen LogP contribution in [-0.4, -0.2) is 41.5 Å². The lowest BCUT2D eigenvalue weighted by Gasteiger charge is -2.38. The van der Waals surface area contributed by atoms with Crippen LogP contribution in [0.15, 0.2) is 71.6 Å². The van der Waals surface area contributed by atoms with Crippen LogP contribution < -0.4 is 0 Å². The number of sulfone groups is 1. The van der Waals surface area contributed by atoms with Gasteiger partial charge in [0.05, 0.1) is 15.7 Å². The van der Waals surface area contributed by atoms with Gasteiger partial charge in [-0.2, -0.15) is 0 Å². The first-order chi connectivity index (χ1) is 14.0. The van der Waals surface area contributed by atoms with E-state index in [-0.39, 0.29) is 18.0 Å². The van der Waals surface area contributed by atoms with Crippen LogP contribution in [0, 0.1) is 0 Å². The maximum absolute atomic E-state index is 13.2. The summed E-state index contributed by atoms with van der Waals surface area (Å²) >= 11 is 0. The Morgan fingerprint density at radius 1 is 0.862 bits per heavy atom. The molecule has 2 aliphatic heterocycles. The molecule has 5 rings (SSSR count). The zero-order valence-corrected chi connectivity index (χ0v) is 16.8. The molecule has 0 saturated carbocycles. The van der Waals surface area contributed by atoms with Crippen LogP contribution in [0.1, 0.15) is 36.2 Å².